The molecule has 0 spiro atoms. The molecule has 1 heterocycles. The zero-order valence-electron chi connectivity index (χ0n) is 10.0. The first-order valence-electron chi connectivity index (χ1n) is 5.36. The lowest BCUT2D eigenvalue weighted by atomic mass is 9.85. The fourth-order valence-corrected chi connectivity index (χ4v) is 1.14. The highest BCUT2D eigenvalue weighted by Crippen LogP contribution is 2.19. The lowest BCUT2D eigenvalue weighted by Gasteiger charge is -2.26. The quantitative estimate of drug-likeness (QED) is 0.817. The van der Waals surface area contributed by atoms with Gasteiger partial charge in [-0.05, 0) is 17.5 Å². The standard InChI is InChI=1S/C12H19N3O/c1-12(2,3)9(13)8-11(16)15-10-6-4-5-7-14-10/h4-7,9H,8,13H2,1-3H3,(H,14,15,16). The summed E-state index contributed by atoms with van der Waals surface area (Å²) in [5.74, 6) is 0.467. The van der Waals surface area contributed by atoms with Gasteiger partial charge in [0, 0.05) is 18.7 Å². The molecule has 4 heteroatoms. The molecule has 88 valence electrons. The minimum atomic E-state index is -0.156. The van der Waals surface area contributed by atoms with Crippen LogP contribution in [0.25, 0.3) is 0 Å². The van der Waals surface area contributed by atoms with Gasteiger partial charge in [0.25, 0.3) is 0 Å². The maximum atomic E-state index is 11.6. The van der Waals surface area contributed by atoms with E-state index in [4.69, 9.17) is 5.73 Å². The number of carbonyl (C=O) groups is 1. The topological polar surface area (TPSA) is 68.0 Å². The highest BCUT2D eigenvalue weighted by molar-refractivity contribution is 5.90. The summed E-state index contributed by atoms with van der Waals surface area (Å²) in [6.07, 6.45) is 1.94. The van der Waals surface area contributed by atoms with Gasteiger partial charge in [-0.3, -0.25) is 4.79 Å². The molecular weight excluding hydrogens is 202 g/mol. The summed E-state index contributed by atoms with van der Waals surface area (Å²) in [5, 5.41) is 2.71. The fraction of sp³-hybridized carbons (Fsp3) is 0.500. The number of hydrogen-bond donors (Lipinski definition) is 2. The zero-order chi connectivity index (χ0) is 12.2. The second kappa shape index (κ2) is 5.07. The number of pyridine rings is 1. The van der Waals surface area contributed by atoms with E-state index in [0.29, 0.717) is 12.2 Å². The van der Waals surface area contributed by atoms with Crippen LogP contribution in [0.1, 0.15) is 27.2 Å². The maximum absolute atomic E-state index is 11.6. The average molecular weight is 221 g/mol. The number of anilines is 1. The van der Waals surface area contributed by atoms with E-state index in [2.05, 4.69) is 10.3 Å². The Balaban J connectivity index is 2.49. The van der Waals surface area contributed by atoms with Crippen LogP contribution in [0.4, 0.5) is 5.82 Å². The van der Waals surface area contributed by atoms with Crippen molar-refractivity contribution in [2.45, 2.75) is 33.2 Å². The lowest BCUT2D eigenvalue weighted by molar-refractivity contribution is -0.117. The van der Waals surface area contributed by atoms with Crippen molar-refractivity contribution in [3.63, 3.8) is 0 Å². The molecule has 1 aromatic heterocycles. The Hall–Kier alpha value is -1.42. The predicted octanol–water partition coefficient (Wildman–Crippen LogP) is 1.78. The van der Waals surface area contributed by atoms with E-state index in [1.807, 2.05) is 26.8 Å². The Labute approximate surface area is 96.3 Å². The third-order valence-corrected chi connectivity index (χ3v) is 2.45. The highest BCUT2D eigenvalue weighted by atomic mass is 16.1. The van der Waals surface area contributed by atoms with Crippen LogP contribution in [0, 0.1) is 5.41 Å². The Morgan fingerprint density at radius 2 is 2.19 bits per heavy atom. The van der Waals surface area contributed by atoms with Crippen LogP contribution in [0.5, 0.6) is 0 Å². The van der Waals surface area contributed by atoms with Crippen molar-refractivity contribution in [3.05, 3.63) is 24.4 Å². The van der Waals surface area contributed by atoms with E-state index >= 15 is 0 Å². The van der Waals surface area contributed by atoms with Crippen molar-refractivity contribution in [3.8, 4) is 0 Å². The van der Waals surface area contributed by atoms with Gasteiger partial charge in [0.2, 0.25) is 5.91 Å². The molecule has 0 aliphatic carbocycles. The largest absolute Gasteiger partial charge is 0.327 e. The van der Waals surface area contributed by atoms with Crippen LogP contribution in [-0.2, 0) is 4.79 Å². The first-order valence-corrected chi connectivity index (χ1v) is 5.36. The Morgan fingerprint density at radius 3 is 2.69 bits per heavy atom. The van der Waals surface area contributed by atoms with Crippen LogP contribution in [0.15, 0.2) is 24.4 Å². The molecule has 1 atom stereocenters. The Bertz CT molecular complexity index is 343. The molecule has 1 rings (SSSR count). The van der Waals surface area contributed by atoms with E-state index in [0.717, 1.165) is 0 Å². The molecule has 0 saturated heterocycles. The number of hydrogen-bond acceptors (Lipinski definition) is 3. The summed E-state index contributed by atoms with van der Waals surface area (Å²) in [6.45, 7) is 6.06. The molecule has 1 unspecified atom stereocenters. The van der Waals surface area contributed by atoms with Crippen LogP contribution in [-0.4, -0.2) is 16.9 Å². The zero-order valence-corrected chi connectivity index (χ0v) is 10.0. The molecule has 3 N–H and O–H groups in total. The summed E-state index contributed by atoms with van der Waals surface area (Å²) in [6, 6.07) is 5.22. The van der Waals surface area contributed by atoms with Gasteiger partial charge in [-0.25, -0.2) is 4.98 Å². The molecule has 0 bridgehead atoms. The van der Waals surface area contributed by atoms with Crippen molar-refractivity contribution >= 4 is 11.7 Å². The van der Waals surface area contributed by atoms with E-state index in [-0.39, 0.29) is 17.4 Å². The second-order valence-corrected chi connectivity index (χ2v) is 4.94. The van der Waals surface area contributed by atoms with E-state index in [1.165, 1.54) is 0 Å². The molecule has 16 heavy (non-hydrogen) atoms. The predicted molar refractivity (Wildman–Crippen MR) is 64.9 cm³/mol. The molecule has 1 aromatic rings. The average Bonchev–Trinajstić information content (AvgIpc) is 2.17. The van der Waals surface area contributed by atoms with Crippen LogP contribution in [0.2, 0.25) is 0 Å². The fourth-order valence-electron chi connectivity index (χ4n) is 1.14. The minimum Gasteiger partial charge on any atom is -0.327 e. The van der Waals surface area contributed by atoms with Gasteiger partial charge in [0.15, 0.2) is 0 Å². The van der Waals surface area contributed by atoms with Crippen LogP contribution in [0.3, 0.4) is 0 Å². The van der Waals surface area contributed by atoms with E-state index in [1.54, 1.807) is 18.3 Å². The van der Waals surface area contributed by atoms with Crippen LogP contribution >= 0.6 is 0 Å². The minimum absolute atomic E-state index is 0.0680. The van der Waals surface area contributed by atoms with Crippen molar-refractivity contribution in [1.82, 2.24) is 4.98 Å². The summed E-state index contributed by atoms with van der Waals surface area (Å²) >= 11 is 0. The van der Waals surface area contributed by atoms with Gasteiger partial charge < -0.3 is 11.1 Å². The summed E-state index contributed by atoms with van der Waals surface area (Å²) < 4.78 is 0. The third-order valence-electron chi connectivity index (χ3n) is 2.45. The SMILES string of the molecule is CC(C)(C)C(N)CC(=O)Nc1ccccn1. The number of aromatic nitrogens is 1. The number of rotatable bonds is 3. The van der Waals surface area contributed by atoms with Crippen LogP contribution < -0.4 is 11.1 Å². The second-order valence-electron chi connectivity index (χ2n) is 4.94. The van der Waals surface area contributed by atoms with Gasteiger partial charge in [0.05, 0.1) is 0 Å². The Kier molecular flexibility index (Phi) is 4.01. The van der Waals surface area contributed by atoms with Crippen molar-refractivity contribution < 1.29 is 4.79 Å². The molecule has 0 aliphatic heterocycles. The van der Waals surface area contributed by atoms with E-state index < -0.39 is 0 Å². The third kappa shape index (κ3) is 3.98. The maximum Gasteiger partial charge on any atom is 0.227 e. The van der Waals surface area contributed by atoms with Gasteiger partial charge in [-0.2, -0.15) is 0 Å². The molecule has 0 aliphatic rings. The van der Waals surface area contributed by atoms with Gasteiger partial charge in [-0.1, -0.05) is 26.8 Å². The molecule has 0 aromatic carbocycles. The smallest absolute Gasteiger partial charge is 0.227 e. The molecular formula is C12H19N3O. The molecule has 0 saturated carbocycles. The van der Waals surface area contributed by atoms with E-state index in [9.17, 15) is 4.79 Å². The van der Waals surface area contributed by atoms with Crippen molar-refractivity contribution in [1.29, 1.82) is 0 Å². The summed E-state index contributed by atoms with van der Waals surface area (Å²) in [7, 11) is 0. The van der Waals surface area contributed by atoms with Gasteiger partial charge >= 0.3 is 0 Å². The summed E-state index contributed by atoms with van der Waals surface area (Å²) in [5.41, 5.74) is 5.86. The number of nitrogens with zero attached hydrogens (tertiary/aromatic N) is 1. The molecule has 0 fully saturated rings. The highest BCUT2D eigenvalue weighted by Gasteiger charge is 2.23. The van der Waals surface area contributed by atoms with Crippen molar-refractivity contribution in [2.75, 3.05) is 5.32 Å². The summed E-state index contributed by atoms with van der Waals surface area (Å²) in [4.78, 5) is 15.7. The normalized spacial score (nSPS) is 13.2. The monoisotopic (exact) mass is 221 g/mol. The lowest BCUT2D eigenvalue weighted by Crippen LogP contribution is -2.38. The number of amides is 1. The number of carbonyl (C=O) groups excluding carboxylic acids is 1. The van der Waals surface area contributed by atoms with Gasteiger partial charge in [-0.15, -0.1) is 0 Å². The molecule has 4 nitrogen and oxygen atoms in total. The molecule has 1 amide bonds. The van der Waals surface area contributed by atoms with Gasteiger partial charge in [0.1, 0.15) is 5.82 Å². The molecule has 0 radical (unpaired) electrons. The Morgan fingerprint density at radius 1 is 1.50 bits per heavy atom. The first-order chi connectivity index (χ1) is 7.39. The van der Waals surface area contributed by atoms with Crippen molar-refractivity contribution in [2.24, 2.45) is 11.1 Å². The number of nitrogens with one attached hydrogen (secondary N) is 1. The first kappa shape index (κ1) is 12.6. The number of nitrogens with two attached hydrogens (primary N) is 1.